The maximum atomic E-state index is 11.8. The summed E-state index contributed by atoms with van der Waals surface area (Å²) in [6, 6.07) is 11.8. The molecule has 0 N–H and O–H groups in total. The highest BCUT2D eigenvalue weighted by Gasteiger charge is 2.19. The molecular formula is C24H28N2O6. The first kappa shape index (κ1) is 24.9. The van der Waals surface area contributed by atoms with Crippen molar-refractivity contribution in [2.24, 2.45) is 10.2 Å². The molecular weight excluding hydrogens is 412 g/mol. The molecule has 0 aliphatic carbocycles. The summed E-state index contributed by atoms with van der Waals surface area (Å²) in [6.45, 7) is 8.10. The molecule has 8 nitrogen and oxygen atoms in total. The van der Waals surface area contributed by atoms with Crippen LogP contribution >= 0.6 is 0 Å². The van der Waals surface area contributed by atoms with Crippen LogP contribution in [-0.4, -0.2) is 31.4 Å². The highest BCUT2D eigenvalue weighted by Crippen LogP contribution is 2.34. The van der Waals surface area contributed by atoms with Crippen LogP contribution in [0.3, 0.4) is 0 Å². The second-order valence-electron chi connectivity index (χ2n) is 8.17. The Hall–Kier alpha value is -3.39. The third-order valence-electron chi connectivity index (χ3n) is 4.33. The predicted molar refractivity (Wildman–Crippen MR) is 119 cm³/mol. The normalized spacial score (nSPS) is 11.4. The minimum absolute atomic E-state index is 0.0898. The lowest BCUT2D eigenvalue weighted by atomic mass is 9.86. The monoisotopic (exact) mass is 440 g/mol. The van der Waals surface area contributed by atoms with Gasteiger partial charge in [0.2, 0.25) is 0 Å². The molecule has 0 spiro atoms. The predicted octanol–water partition coefficient (Wildman–Crippen LogP) is 5.23. The van der Waals surface area contributed by atoms with Gasteiger partial charge in [-0.3, -0.25) is 4.79 Å². The van der Waals surface area contributed by atoms with Crippen molar-refractivity contribution < 1.29 is 28.6 Å². The zero-order chi connectivity index (χ0) is 23.6. The van der Waals surface area contributed by atoms with E-state index in [1.54, 1.807) is 36.4 Å². The molecule has 0 bridgehead atoms. The molecule has 0 aliphatic heterocycles. The number of esters is 1. The van der Waals surface area contributed by atoms with E-state index in [0.717, 1.165) is 5.56 Å². The molecule has 0 amide bonds. The minimum Gasteiger partial charge on any atom is -0.428 e. The lowest BCUT2D eigenvalue weighted by Gasteiger charge is -2.21. The smallest absolute Gasteiger partial charge is 0.337 e. The summed E-state index contributed by atoms with van der Waals surface area (Å²) in [4.78, 5) is 33.4. The van der Waals surface area contributed by atoms with Gasteiger partial charge in [0.05, 0.1) is 11.4 Å². The number of carbonyl (C=O) groups excluding carboxylic acids is 3. The van der Waals surface area contributed by atoms with Gasteiger partial charge >= 0.3 is 5.97 Å². The number of hydrogen-bond acceptors (Lipinski definition) is 8. The first-order valence-corrected chi connectivity index (χ1v) is 10.2. The summed E-state index contributed by atoms with van der Waals surface area (Å²) < 4.78 is 15.5. The number of ketones is 1. The van der Waals surface area contributed by atoms with Crippen LogP contribution in [0.5, 0.6) is 11.5 Å². The van der Waals surface area contributed by atoms with Crippen molar-refractivity contribution in [2.45, 2.75) is 46.0 Å². The van der Waals surface area contributed by atoms with E-state index in [1.807, 2.05) is 26.8 Å². The van der Waals surface area contributed by atoms with E-state index in [2.05, 4.69) is 10.2 Å². The second-order valence-corrected chi connectivity index (χ2v) is 8.17. The molecule has 0 unspecified atom stereocenters. The number of rotatable bonds is 11. The van der Waals surface area contributed by atoms with Gasteiger partial charge in [-0.15, -0.1) is 0 Å². The van der Waals surface area contributed by atoms with Crippen LogP contribution in [0.2, 0.25) is 0 Å². The van der Waals surface area contributed by atoms with Crippen LogP contribution in [0.25, 0.3) is 0 Å². The van der Waals surface area contributed by atoms with Crippen molar-refractivity contribution in [3.63, 3.8) is 0 Å². The van der Waals surface area contributed by atoms with Gasteiger partial charge in [-0.1, -0.05) is 20.8 Å². The molecule has 32 heavy (non-hydrogen) atoms. The molecule has 0 heterocycles. The van der Waals surface area contributed by atoms with Gasteiger partial charge in [0.25, 0.3) is 6.47 Å². The zero-order valence-corrected chi connectivity index (χ0v) is 18.8. The highest BCUT2D eigenvalue weighted by atomic mass is 16.6. The Labute approximate surface area is 187 Å². The summed E-state index contributed by atoms with van der Waals surface area (Å²) in [5.41, 5.74) is 1.79. The standard InChI is InChI=1S/C24H28N2O6/c1-17(28)6-5-13-30-15-23(29)32-20-10-7-18(8-11-20)25-26-19-9-12-22(31-16-27)21(14-19)24(2,3)4/h7-12,14,16H,5-6,13,15H2,1-4H3. The fourth-order valence-corrected chi connectivity index (χ4v) is 2.76. The summed E-state index contributed by atoms with van der Waals surface area (Å²) >= 11 is 0. The van der Waals surface area contributed by atoms with Crippen LogP contribution in [0, 0.1) is 0 Å². The van der Waals surface area contributed by atoms with E-state index in [-0.39, 0.29) is 17.8 Å². The molecule has 0 radical (unpaired) electrons. The number of nitrogens with zero attached hydrogens (tertiary/aromatic N) is 2. The van der Waals surface area contributed by atoms with Gasteiger partial charge in [-0.2, -0.15) is 10.2 Å². The van der Waals surface area contributed by atoms with Crippen molar-refractivity contribution in [3.8, 4) is 11.5 Å². The van der Waals surface area contributed by atoms with Crippen LogP contribution in [0.4, 0.5) is 11.4 Å². The number of ether oxygens (including phenoxy) is 3. The van der Waals surface area contributed by atoms with Crippen LogP contribution in [0.15, 0.2) is 52.7 Å². The Morgan fingerprint density at radius 3 is 2.28 bits per heavy atom. The van der Waals surface area contributed by atoms with Crippen LogP contribution in [0.1, 0.15) is 46.1 Å². The average molecular weight is 440 g/mol. The molecule has 8 heteroatoms. The number of Topliss-reactive ketones (excluding diaryl/α,β-unsaturated/α-hetero) is 1. The topological polar surface area (TPSA) is 104 Å². The van der Waals surface area contributed by atoms with E-state index in [0.29, 0.717) is 48.8 Å². The third-order valence-corrected chi connectivity index (χ3v) is 4.33. The quantitative estimate of drug-likeness (QED) is 0.156. The van der Waals surface area contributed by atoms with Gasteiger partial charge in [-0.05, 0) is 61.2 Å². The Morgan fingerprint density at radius 2 is 1.66 bits per heavy atom. The van der Waals surface area contributed by atoms with E-state index < -0.39 is 5.97 Å². The van der Waals surface area contributed by atoms with Gasteiger partial charge in [0.15, 0.2) is 0 Å². The SMILES string of the molecule is CC(=O)CCCOCC(=O)Oc1ccc(N=Nc2ccc(OC=O)c(C(C)(C)C)c2)cc1. The van der Waals surface area contributed by atoms with Crippen molar-refractivity contribution >= 4 is 29.6 Å². The fourth-order valence-electron chi connectivity index (χ4n) is 2.76. The molecule has 2 rings (SSSR count). The number of benzene rings is 2. The maximum Gasteiger partial charge on any atom is 0.337 e. The molecule has 0 fully saturated rings. The van der Waals surface area contributed by atoms with Crippen molar-refractivity contribution in [3.05, 3.63) is 48.0 Å². The molecule has 0 aromatic heterocycles. The van der Waals surface area contributed by atoms with Crippen LogP contribution < -0.4 is 9.47 Å². The molecule has 2 aromatic rings. The summed E-state index contributed by atoms with van der Waals surface area (Å²) in [7, 11) is 0. The van der Waals surface area contributed by atoms with Gasteiger partial charge in [0.1, 0.15) is 23.9 Å². The van der Waals surface area contributed by atoms with Crippen molar-refractivity contribution in [1.29, 1.82) is 0 Å². The Morgan fingerprint density at radius 1 is 1.00 bits per heavy atom. The third kappa shape index (κ3) is 8.39. The van der Waals surface area contributed by atoms with E-state index in [4.69, 9.17) is 14.2 Å². The molecule has 170 valence electrons. The Balaban J connectivity index is 1.94. The molecule has 2 aromatic carbocycles. The largest absolute Gasteiger partial charge is 0.428 e. The minimum atomic E-state index is -0.519. The summed E-state index contributed by atoms with van der Waals surface area (Å²) in [5, 5.41) is 8.44. The molecule has 0 atom stereocenters. The number of azo groups is 1. The van der Waals surface area contributed by atoms with Crippen LogP contribution in [-0.2, 0) is 24.5 Å². The number of carbonyl (C=O) groups is 3. The highest BCUT2D eigenvalue weighted by molar-refractivity contribution is 5.75. The van der Waals surface area contributed by atoms with E-state index in [9.17, 15) is 14.4 Å². The molecule has 0 aliphatic rings. The average Bonchev–Trinajstić information content (AvgIpc) is 2.73. The van der Waals surface area contributed by atoms with Gasteiger partial charge in [0, 0.05) is 18.6 Å². The Bertz CT molecular complexity index is 961. The summed E-state index contributed by atoms with van der Waals surface area (Å²) in [5.74, 6) is 0.425. The zero-order valence-electron chi connectivity index (χ0n) is 18.8. The first-order valence-electron chi connectivity index (χ1n) is 10.2. The fraction of sp³-hybridized carbons (Fsp3) is 0.375. The van der Waals surface area contributed by atoms with Gasteiger partial charge < -0.3 is 19.0 Å². The number of hydrogen-bond donors (Lipinski definition) is 0. The lowest BCUT2D eigenvalue weighted by Crippen LogP contribution is -2.16. The summed E-state index contributed by atoms with van der Waals surface area (Å²) in [6.07, 6.45) is 1.01. The second kappa shape index (κ2) is 11.9. The Kier molecular flexibility index (Phi) is 9.22. The van der Waals surface area contributed by atoms with E-state index in [1.165, 1.54) is 6.92 Å². The lowest BCUT2D eigenvalue weighted by molar-refractivity contribution is -0.139. The van der Waals surface area contributed by atoms with Gasteiger partial charge in [-0.25, -0.2) is 4.79 Å². The van der Waals surface area contributed by atoms with Crippen molar-refractivity contribution in [2.75, 3.05) is 13.2 Å². The maximum absolute atomic E-state index is 11.8. The molecule has 0 saturated heterocycles. The first-order chi connectivity index (χ1) is 15.2. The van der Waals surface area contributed by atoms with Crippen molar-refractivity contribution in [1.82, 2.24) is 0 Å². The molecule has 0 saturated carbocycles. The van der Waals surface area contributed by atoms with E-state index >= 15 is 0 Å².